The summed E-state index contributed by atoms with van der Waals surface area (Å²) in [4.78, 5) is 0. The highest BCUT2D eigenvalue weighted by atomic mass is 16.5. The van der Waals surface area contributed by atoms with Gasteiger partial charge in [-0.3, -0.25) is 0 Å². The maximum atomic E-state index is 6.45. The molecule has 1 aromatic carbocycles. The Morgan fingerprint density at radius 2 is 2.29 bits per heavy atom. The Balaban J connectivity index is 2.78. The van der Waals surface area contributed by atoms with E-state index >= 15 is 0 Å². The van der Waals surface area contributed by atoms with Crippen molar-refractivity contribution in [1.82, 2.24) is 0 Å². The maximum absolute atomic E-state index is 6.45. The molecule has 0 saturated carbocycles. The molecule has 0 aliphatic heterocycles. The number of benzene rings is 1. The lowest BCUT2D eigenvalue weighted by molar-refractivity contribution is 0.414. The highest BCUT2D eigenvalue weighted by Crippen LogP contribution is 2.20. The number of rotatable bonds is 4. The molecule has 5 heteroatoms. The van der Waals surface area contributed by atoms with Crippen molar-refractivity contribution in [2.45, 2.75) is 6.92 Å². The van der Waals surface area contributed by atoms with Gasteiger partial charge in [0.1, 0.15) is 12.1 Å². The Kier molecular flexibility index (Phi) is 3.60. The van der Waals surface area contributed by atoms with Crippen molar-refractivity contribution < 1.29 is 4.74 Å². The highest BCUT2D eigenvalue weighted by Gasteiger charge is 1.97. The molecule has 0 unspecified atom stereocenters. The second-order valence-electron chi connectivity index (χ2n) is 2.67. The molecule has 2 N–H and O–H groups in total. The first kappa shape index (κ1) is 10.2. The monoisotopic (exact) mass is 192 g/mol. The minimum Gasteiger partial charge on any atom is -0.497 e. The van der Waals surface area contributed by atoms with E-state index in [0.29, 0.717) is 0 Å². The summed E-state index contributed by atoms with van der Waals surface area (Å²) in [6, 6.07) is 5.64. The fourth-order valence-electron chi connectivity index (χ4n) is 1.05. The van der Waals surface area contributed by atoms with Gasteiger partial charge < -0.3 is 10.1 Å². The summed E-state index contributed by atoms with van der Waals surface area (Å²) in [5.74, 6) is 0.815. The van der Waals surface area contributed by atoms with Crippen LogP contribution in [0.2, 0.25) is 0 Å². The molecule has 0 spiro atoms. The maximum Gasteiger partial charge on any atom is 0.119 e. The largest absolute Gasteiger partial charge is 0.497 e. The van der Waals surface area contributed by atoms with Crippen LogP contribution in [0.4, 0.5) is 5.69 Å². The van der Waals surface area contributed by atoms with Gasteiger partial charge >= 0.3 is 0 Å². The summed E-state index contributed by atoms with van der Waals surface area (Å²) in [5.41, 5.74) is 8.41. The molecule has 0 aliphatic rings. The van der Waals surface area contributed by atoms with E-state index < -0.39 is 0 Å². The molecule has 0 amide bonds. The summed E-state index contributed by atoms with van der Waals surface area (Å²) in [5, 5.41) is 9.13. The van der Waals surface area contributed by atoms with E-state index in [2.05, 4.69) is 15.6 Å². The molecule has 0 radical (unpaired) electrons. The van der Waals surface area contributed by atoms with Gasteiger partial charge in [-0.1, -0.05) is 5.22 Å². The minimum absolute atomic E-state index is 0.815. The van der Waals surface area contributed by atoms with Gasteiger partial charge in [0.25, 0.3) is 0 Å². The number of anilines is 1. The van der Waals surface area contributed by atoms with Gasteiger partial charge in [0.15, 0.2) is 0 Å². The highest BCUT2D eigenvalue weighted by molar-refractivity contribution is 5.77. The van der Waals surface area contributed by atoms with E-state index in [4.69, 9.17) is 10.3 Å². The van der Waals surface area contributed by atoms with E-state index in [0.717, 1.165) is 17.0 Å². The topological polar surface area (TPSA) is 69.8 Å². The Labute approximate surface area is 82.3 Å². The van der Waals surface area contributed by atoms with Crippen LogP contribution in [-0.2, 0) is 0 Å². The van der Waals surface area contributed by atoms with E-state index in [9.17, 15) is 0 Å². The number of ether oxygens (including phenoxy) is 1. The first-order valence-electron chi connectivity index (χ1n) is 4.07. The molecular formula is C9H12N4O. The smallest absolute Gasteiger partial charge is 0.119 e. The second-order valence-corrected chi connectivity index (χ2v) is 2.67. The Morgan fingerprint density at radius 1 is 1.50 bits per heavy atom. The number of aryl methyl sites for hydroxylation is 1. The van der Waals surface area contributed by atoms with Gasteiger partial charge in [-0.15, -0.1) is 5.10 Å². The van der Waals surface area contributed by atoms with Gasteiger partial charge in [0.05, 0.1) is 7.11 Å². The fraction of sp³-hybridized carbons (Fsp3) is 0.222. The summed E-state index contributed by atoms with van der Waals surface area (Å²) < 4.78 is 5.07. The third kappa shape index (κ3) is 2.55. The van der Waals surface area contributed by atoms with Crippen molar-refractivity contribution in [3.8, 4) is 5.75 Å². The zero-order chi connectivity index (χ0) is 10.4. The predicted molar refractivity (Wildman–Crippen MR) is 55.0 cm³/mol. The summed E-state index contributed by atoms with van der Waals surface area (Å²) in [6.45, 7) is 1.95. The van der Waals surface area contributed by atoms with Crippen LogP contribution >= 0.6 is 0 Å². The lowest BCUT2D eigenvalue weighted by atomic mass is 10.2. The number of nitrogens with zero attached hydrogens (tertiary/aromatic N) is 2. The van der Waals surface area contributed by atoms with Crippen LogP contribution in [0.5, 0.6) is 5.75 Å². The first-order chi connectivity index (χ1) is 6.77. The lowest BCUT2D eigenvalue weighted by Gasteiger charge is -2.06. The van der Waals surface area contributed by atoms with Gasteiger partial charge in [0.2, 0.25) is 0 Å². The predicted octanol–water partition coefficient (Wildman–Crippen LogP) is 2.39. The van der Waals surface area contributed by atoms with Crippen molar-refractivity contribution in [1.29, 1.82) is 5.53 Å². The molecule has 74 valence electrons. The molecule has 1 aromatic rings. The summed E-state index contributed by atoms with van der Waals surface area (Å²) in [6.07, 6.45) is 1.36. The SMILES string of the molecule is COc1ccc(N/C=N\N=N)c(C)c1. The summed E-state index contributed by atoms with van der Waals surface area (Å²) >= 11 is 0. The quantitative estimate of drug-likeness (QED) is 0.333. The molecule has 0 aliphatic carbocycles. The molecule has 0 aromatic heterocycles. The van der Waals surface area contributed by atoms with Crippen LogP contribution in [-0.4, -0.2) is 13.4 Å². The zero-order valence-electron chi connectivity index (χ0n) is 8.11. The molecule has 1 rings (SSSR count). The van der Waals surface area contributed by atoms with E-state index in [1.807, 2.05) is 25.1 Å². The molecule has 0 saturated heterocycles. The van der Waals surface area contributed by atoms with Crippen LogP contribution in [0.1, 0.15) is 5.56 Å². The van der Waals surface area contributed by atoms with Gasteiger partial charge in [-0.05, 0) is 30.7 Å². The van der Waals surface area contributed by atoms with E-state index in [1.165, 1.54) is 6.34 Å². The molecule has 0 heterocycles. The van der Waals surface area contributed by atoms with Crippen molar-refractivity contribution >= 4 is 12.0 Å². The number of nitrogens with one attached hydrogen (secondary N) is 2. The molecule has 14 heavy (non-hydrogen) atoms. The molecule has 0 atom stereocenters. The van der Waals surface area contributed by atoms with Crippen molar-refractivity contribution in [2.75, 3.05) is 12.4 Å². The van der Waals surface area contributed by atoms with Crippen LogP contribution < -0.4 is 10.1 Å². The average molecular weight is 192 g/mol. The van der Waals surface area contributed by atoms with Crippen LogP contribution in [0.3, 0.4) is 0 Å². The van der Waals surface area contributed by atoms with E-state index in [1.54, 1.807) is 7.11 Å². The van der Waals surface area contributed by atoms with Crippen molar-refractivity contribution in [3.05, 3.63) is 23.8 Å². The third-order valence-electron chi connectivity index (χ3n) is 1.77. The van der Waals surface area contributed by atoms with Crippen LogP contribution in [0.25, 0.3) is 0 Å². The van der Waals surface area contributed by atoms with Crippen molar-refractivity contribution in [3.63, 3.8) is 0 Å². The standard InChI is InChI=1S/C9H12N4O/c1-7-5-8(14-2)3-4-9(7)11-6-12-13-10/h3-6H,1-2H3,(H2,10,11,12). The van der Waals surface area contributed by atoms with Crippen LogP contribution in [0.15, 0.2) is 28.5 Å². The zero-order valence-corrected chi connectivity index (χ0v) is 8.11. The molecule has 5 nitrogen and oxygen atoms in total. The molecular weight excluding hydrogens is 180 g/mol. The lowest BCUT2D eigenvalue weighted by Crippen LogP contribution is -1.96. The normalized spacial score (nSPS) is 10.1. The van der Waals surface area contributed by atoms with E-state index in [-0.39, 0.29) is 0 Å². The summed E-state index contributed by atoms with van der Waals surface area (Å²) in [7, 11) is 1.63. The van der Waals surface area contributed by atoms with Gasteiger partial charge in [0, 0.05) is 5.69 Å². The Bertz CT molecular complexity index is 349. The first-order valence-corrected chi connectivity index (χ1v) is 4.07. The number of methoxy groups -OCH3 is 1. The van der Waals surface area contributed by atoms with Gasteiger partial charge in [-0.2, -0.15) is 5.53 Å². The van der Waals surface area contributed by atoms with Crippen LogP contribution in [0, 0.1) is 12.5 Å². The Hall–Kier alpha value is -1.91. The number of hydrogen-bond donors (Lipinski definition) is 2. The second kappa shape index (κ2) is 4.96. The Morgan fingerprint density at radius 3 is 2.86 bits per heavy atom. The molecule has 0 fully saturated rings. The number of hydrogen-bond acceptors (Lipinski definition) is 3. The van der Waals surface area contributed by atoms with Gasteiger partial charge in [-0.25, -0.2) is 0 Å². The van der Waals surface area contributed by atoms with Crippen molar-refractivity contribution in [2.24, 2.45) is 10.3 Å². The fourth-order valence-corrected chi connectivity index (χ4v) is 1.05. The third-order valence-corrected chi connectivity index (χ3v) is 1.77. The minimum atomic E-state index is 0.815. The molecule has 0 bridgehead atoms. The average Bonchev–Trinajstić information content (AvgIpc) is 2.20.